The van der Waals surface area contributed by atoms with E-state index in [0.717, 1.165) is 29.4 Å². The van der Waals surface area contributed by atoms with Crippen molar-refractivity contribution < 1.29 is 5.11 Å². The summed E-state index contributed by atoms with van der Waals surface area (Å²) >= 11 is 1.66. The van der Waals surface area contributed by atoms with E-state index in [2.05, 4.69) is 15.7 Å². The number of aromatic hydroxyl groups is 1. The standard InChI is InChI=1S/C12H14N2OS/c1-9-14-11(8-16-9)7-13-6-10-3-2-4-12(15)5-10/h2-5,8,13,15H,6-7H2,1H3. The molecule has 1 aromatic heterocycles. The molecule has 0 fully saturated rings. The van der Waals surface area contributed by atoms with Gasteiger partial charge in [-0.3, -0.25) is 0 Å². The SMILES string of the molecule is Cc1nc(CNCc2cccc(O)c2)cs1. The van der Waals surface area contributed by atoms with E-state index in [4.69, 9.17) is 0 Å². The van der Waals surface area contributed by atoms with Gasteiger partial charge in [-0.2, -0.15) is 0 Å². The third-order valence-electron chi connectivity index (χ3n) is 2.21. The van der Waals surface area contributed by atoms with Crippen molar-refractivity contribution in [3.05, 3.63) is 45.9 Å². The predicted molar refractivity (Wildman–Crippen MR) is 65.5 cm³/mol. The van der Waals surface area contributed by atoms with E-state index in [9.17, 15) is 5.11 Å². The number of nitrogens with zero attached hydrogens (tertiary/aromatic N) is 1. The van der Waals surface area contributed by atoms with Gasteiger partial charge in [0, 0.05) is 18.5 Å². The molecule has 0 saturated carbocycles. The Hall–Kier alpha value is -1.39. The van der Waals surface area contributed by atoms with E-state index in [1.54, 1.807) is 23.5 Å². The van der Waals surface area contributed by atoms with E-state index in [1.165, 1.54) is 0 Å². The molecule has 0 aliphatic heterocycles. The fraction of sp³-hybridized carbons (Fsp3) is 0.250. The summed E-state index contributed by atoms with van der Waals surface area (Å²) < 4.78 is 0. The Morgan fingerprint density at radius 3 is 2.94 bits per heavy atom. The largest absolute Gasteiger partial charge is 0.508 e. The van der Waals surface area contributed by atoms with E-state index in [0.29, 0.717) is 5.75 Å². The molecule has 0 unspecified atom stereocenters. The van der Waals surface area contributed by atoms with Crippen molar-refractivity contribution in [3.8, 4) is 5.75 Å². The molecule has 0 spiro atoms. The second-order valence-electron chi connectivity index (χ2n) is 3.63. The van der Waals surface area contributed by atoms with Crippen LogP contribution in [0.3, 0.4) is 0 Å². The Bertz CT molecular complexity index is 468. The van der Waals surface area contributed by atoms with Gasteiger partial charge in [0.05, 0.1) is 10.7 Å². The van der Waals surface area contributed by atoms with Gasteiger partial charge in [-0.05, 0) is 24.6 Å². The van der Waals surface area contributed by atoms with Crippen molar-refractivity contribution in [2.45, 2.75) is 20.0 Å². The Morgan fingerprint density at radius 2 is 2.25 bits per heavy atom. The molecule has 0 atom stereocenters. The van der Waals surface area contributed by atoms with Crippen LogP contribution in [0.1, 0.15) is 16.3 Å². The first-order valence-electron chi connectivity index (χ1n) is 5.13. The lowest BCUT2D eigenvalue weighted by molar-refractivity contribution is 0.474. The van der Waals surface area contributed by atoms with Crippen LogP contribution in [0.15, 0.2) is 29.6 Å². The monoisotopic (exact) mass is 234 g/mol. The molecule has 0 bridgehead atoms. The van der Waals surface area contributed by atoms with Crippen LogP contribution in [-0.2, 0) is 13.1 Å². The molecule has 2 aromatic rings. The minimum absolute atomic E-state index is 0.309. The smallest absolute Gasteiger partial charge is 0.115 e. The molecule has 0 aliphatic carbocycles. The van der Waals surface area contributed by atoms with Crippen molar-refractivity contribution in [2.24, 2.45) is 0 Å². The molecule has 0 saturated heterocycles. The second kappa shape index (κ2) is 5.09. The summed E-state index contributed by atoms with van der Waals surface area (Å²) in [5.41, 5.74) is 2.15. The Morgan fingerprint density at radius 1 is 1.38 bits per heavy atom. The van der Waals surface area contributed by atoms with Gasteiger partial charge in [0.25, 0.3) is 0 Å². The van der Waals surface area contributed by atoms with E-state index < -0.39 is 0 Å². The van der Waals surface area contributed by atoms with Crippen molar-refractivity contribution >= 4 is 11.3 Å². The van der Waals surface area contributed by atoms with Gasteiger partial charge >= 0.3 is 0 Å². The van der Waals surface area contributed by atoms with Crippen molar-refractivity contribution in [1.29, 1.82) is 0 Å². The summed E-state index contributed by atoms with van der Waals surface area (Å²) in [7, 11) is 0. The molecule has 84 valence electrons. The maximum atomic E-state index is 9.29. The van der Waals surface area contributed by atoms with Gasteiger partial charge in [-0.1, -0.05) is 12.1 Å². The van der Waals surface area contributed by atoms with Gasteiger partial charge in [-0.15, -0.1) is 11.3 Å². The zero-order valence-electron chi connectivity index (χ0n) is 9.10. The molecule has 1 heterocycles. The summed E-state index contributed by atoms with van der Waals surface area (Å²) in [6.45, 7) is 3.51. The molecule has 3 nitrogen and oxygen atoms in total. The van der Waals surface area contributed by atoms with Crippen molar-refractivity contribution in [3.63, 3.8) is 0 Å². The maximum Gasteiger partial charge on any atom is 0.115 e. The van der Waals surface area contributed by atoms with E-state index in [-0.39, 0.29) is 0 Å². The van der Waals surface area contributed by atoms with Gasteiger partial charge in [0.1, 0.15) is 5.75 Å². The number of aromatic nitrogens is 1. The van der Waals surface area contributed by atoms with E-state index >= 15 is 0 Å². The average molecular weight is 234 g/mol. The first kappa shape index (κ1) is 11.1. The van der Waals surface area contributed by atoms with Gasteiger partial charge in [-0.25, -0.2) is 4.98 Å². The molecule has 2 N–H and O–H groups in total. The number of hydrogen-bond donors (Lipinski definition) is 2. The van der Waals surface area contributed by atoms with Crippen molar-refractivity contribution in [2.75, 3.05) is 0 Å². The van der Waals surface area contributed by atoms with Crippen molar-refractivity contribution in [1.82, 2.24) is 10.3 Å². The minimum atomic E-state index is 0.309. The van der Waals surface area contributed by atoms with Gasteiger partial charge in [0.15, 0.2) is 0 Å². The molecule has 0 radical (unpaired) electrons. The predicted octanol–water partition coefficient (Wildman–Crippen LogP) is 2.45. The van der Waals surface area contributed by atoms with Crippen LogP contribution in [0, 0.1) is 6.92 Å². The van der Waals surface area contributed by atoms with Gasteiger partial charge < -0.3 is 10.4 Å². The molecular weight excluding hydrogens is 220 g/mol. The third kappa shape index (κ3) is 3.05. The summed E-state index contributed by atoms with van der Waals surface area (Å²) in [6, 6.07) is 7.27. The number of phenols is 1. The lowest BCUT2D eigenvalue weighted by Crippen LogP contribution is -2.12. The normalized spacial score (nSPS) is 10.6. The number of phenolic OH excluding ortho intramolecular Hbond substituents is 1. The Balaban J connectivity index is 1.84. The van der Waals surface area contributed by atoms with Crippen LogP contribution >= 0.6 is 11.3 Å². The maximum absolute atomic E-state index is 9.29. The van der Waals surface area contributed by atoms with Crippen LogP contribution in [0.25, 0.3) is 0 Å². The molecule has 16 heavy (non-hydrogen) atoms. The number of thiazole rings is 1. The van der Waals surface area contributed by atoms with E-state index in [1.807, 2.05) is 19.1 Å². The summed E-state index contributed by atoms with van der Waals surface area (Å²) in [6.07, 6.45) is 0. The fourth-order valence-corrected chi connectivity index (χ4v) is 2.10. The highest BCUT2D eigenvalue weighted by molar-refractivity contribution is 7.09. The minimum Gasteiger partial charge on any atom is -0.508 e. The number of hydrogen-bond acceptors (Lipinski definition) is 4. The summed E-state index contributed by atoms with van der Waals surface area (Å²) in [5, 5.41) is 15.7. The Labute approximate surface area is 98.8 Å². The van der Waals surface area contributed by atoms with Crippen LogP contribution < -0.4 is 5.32 Å². The quantitative estimate of drug-likeness (QED) is 0.854. The molecule has 1 aromatic carbocycles. The third-order valence-corrected chi connectivity index (χ3v) is 3.03. The first-order valence-corrected chi connectivity index (χ1v) is 6.01. The second-order valence-corrected chi connectivity index (χ2v) is 4.69. The van der Waals surface area contributed by atoms with Crippen LogP contribution in [0.2, 0.25) is 0 Å². The number of nitrogens with one attached hydrogen (secondary N) is 1. The topological polar surface area (TPSA) is 45.2 Å². The molecule has 2 rings (SSSR count). The molecular formula is C12H14N2OS. The summed E-state index contributed by atoms with van der Waals surface area (Å²) in [4.78, 5) is 4.37. The number of rotatable bonds is 4. The highest BCUT2D eigenvalue weighted by Gasteiger charge is 1.98. The molecule has 4 heteroatoms. The van der Waals surface area contributed by atoms with Crippen LogP contribution in [-0.4, -0.2) is 10.1 Å². The van der Waals surface area contributed by atoms with Crippen LogP contribution in [0.4, 0.5) is 0 Å². The fourth-order valence-electron chi connectivity index (χ4n) is 1.49. The highest BCUT2D eigenvalue weighted by Crippen LogP contribution is 2.11. The lowest BCUT2D eigenvalue weighted by Gasteiger charge is -2.03. The van der Waals surface area contributed by atoms with Crippen LogP contribution in [0.5, 0.6) is 5.75 Å². The average Bonchev–Trinajstić information content (AvgIpc) is 2.64. The Kier molecular flexibility index (Phi) is 3.54. The highest BCUT2D eigenvalue weighted by atomic mass is 32.1. The van der Waals surface area contributed by atoms with Gasteiger partial charge in [0.2, 0.25) is 0 Å². The first-order chi connectivity index (χ1) is 7.74. The zero-order chi connectivity index (χ0) is 11.4. The number of benzene rings is 1. The number of aryl methyl sites for hydroxylation is 1. The zero-order valence-corrected chi connectivity index (χ0v) is 9.92. The molecule has 0 aliphatic rings. The lowest BCUT2D eigenvalue weighted by atomic mass is 10.2. The summed E-state index contributed by atoms with van der Waals surface area (Å²) in [5.74, 6) is 0.309. The molecule has 0 amide bonds.